The minimum absolute atomic E-state index is 0.480. The molecule has 0 aromatic heterocycles. The largest absolute Gasteiger partial charge is 0.513 e. The van der Waals surface area contributed by atoms with Crippen LogP contribution in [0.4, 0.5) is 0 Å². The molecule has 1 heteroatoms. The Kier molecular flexibility index (Phi) is 4.89. The van der Waals surface area contributed by atoms with Crippen LogP contribution in [-0.4, -0.2) is 5.11 Å². The van der Waals surface area contributed by atoms with Gasteiger partial charge in [0.1, 0.15) is 0 Å². The SMILES string of the molecule is CC1/C=C(/O)CC(C)CCC(C)(C)CCC1. The second kappa shape index (κ2) is 5.75. The second-order valence-corrected chi connectivity index (χ2v) is 6.54. The molecule has 0 spiro atoms. The van der Waals surface area contributed by atoms with Crippen LogP contribution in [0.1, 0.15) is 66.2 Å². The molecule has 1 aliphatic rings. The molecule has 0 heterocycles. The van der Waals surface area contributed by atoms with Crippen LogP contribution >= 0.6 is 0 Å². The third kappa shape index (κ3) is 5.05. The van der Waals surface area contributed by atoms with Crippen molar-refractivity contribution < 1.29 is 5.11 Å². The van der Waals surface area contributed by atoms with Gasteiger partial charge in [0.25, 0.3) is 0 Å². The van der Waals surface area contributed by atoms with Gasteiger partial charge in [-0.2, -0.15) is 0 Å². The first-order chi connectivity index (χ1) is 7.39. The van der Waals surface area contributed by atoms with Gasteiger partial charge in [-0.15, -0.1) is 0 Å². The van der Waals surface area contributed by atoms with Crippen LogP contribution in [0.3, 0.4) is 0 Å². The van der Waals surface area contributed by atoms with Crippen molar-refractivity contribution in [2.75, 3.05) is 0 Å². The highest BCUT2D eigenvalue weighted by Gasteiger charge is 2.20. The van der Waals surface area contributed by atoms with Crippen LogP contribution < -0.4 is 0 Å². The van der Waals surface area contributed by atoms with Crippen LogP contribution in [0, 0.1) is 17.3 Å². The Labute approximate surface area is 101 Å². The molecule has 0 fully saturated rings. The molecule has 0 aromatic carbocycles. The van der Waals surface area contributed by atoms with Crippen molar-refractivity contribution in [3.05, 3.63) is 11.8 Å². The minimum Gasteiger partial charge on any atom is -0.513 e. The monoisotopic (exact) mass is 224 g/mol. The molecule has 1 N–H and O–H groups in total. The minimum atomic E-state index is 0.480. The lowest BCUT2D eigenvalue weighted by atomic mass is 9.80. The van der Waals surface area contributed by atoms with E-state index in [1.807, 2.05) is 0 Å². The lowest BCUT2D eigenvalue weighted by Gasteiger charge is -2.26. The Bertz CT molecular complexity index is 240. The summed E-state index contributed by atoms with van der Waals surface area (Å²) < 4.78 is 0. The highest BCUT2D eigenvalue weighted by molar-refractivity contribution is 4.95. The Morgan fingerprint density at radius 2 is 1.88 bits per heavy atom. The van der Waals surface area contributed by atoms with Gasteiger partial charge in [-0.25, -0.2) is 0 Å². The average molecular weight is 224 g/mol. The third-order valence-electron chi connectivity index (χ3n) is 3.86. The summed E-state index contributed by atoms with van der Waals surface area (Å²) in [7, 11) is 0. The van der Waals surface area contributed by atoms with Crippen LogP contribution in [-0.2, 0) is 0 Å². The number of rotatable bonds is 0. The Morgan fingerprint density at radius 1 is 1.19 bits per heavy atom. The summed E-state index contributed by atoms with van der Waals surface area (Å²) in [5.74, 6) is 1.75. The van der Waals surface area contributed by atoms with Gasteiger partial charge in [0, 0.05) is 6.42 Å². The smallest absolute Gasteiger partial charge is 0.0888 e. The summed E-state index contributed by atoms with van der Waals surface area (Å²) in [6.07, 6.45) is 9.26. The molecular formula is C15H28O. The molecule has 0 amide bonds. The lowest BCUT2D eigenvalue weighted by molar-refractivity contribution is 0.260. The zero-order valence-electron chi connectivity index (χ0n) is 11.4. The molecule has 0 saturated heterocycles. The van der Waals surface area contributed by atoms with E-state index in [9.17, 15) is 5.11 Å². The zero-order valence-corrected chi connectivity index (χ0v) is 11.4. The second-order valence-electron chi connectivity index (χ2n) is 6.54. The van der Waals surface area contributed by atoms with Crippen molar-refractivity contribution in [2.24, 2.45) is 17.3 Å². The van der Waals surface area contributed by atoms with E-state index in [4.69, 9.17) is 0 Å². The van der Waals surface area contributed by atoms with Crippen molar-refractivity contribution >= 4 is 0 Å². The summed E-state index contributed by atoms with van der Waals surface area (Å²) >= 11 is 0. The maximum Gasteiger partial charge on any atom is 0.0888 e. The molecule has 2 atom stereocenters. The molecule has 94 valence electrons. The van der Waals surface area contributed by atoms with Crippen molar-refractivity contribution in [1.29, 1.82) is 0 Å². The molecule has 0 radical (unpaired) electrons. The van der Waals surface area contributed by atoms with Gasteiger partial charge in [0.2, 0.25) is 0 Å². The first kappa shape index (κ1) is 13.6. The predicted octanol–water partition coefficient (Wildman–Crippen LogP) is 5.08. The molecule has 0 aromatic rings. The topological polar surface area (TPSA) is 20.2 Å². The van der Waals surface area contributed by atoms with E-state index in [-0.39, 0.29) is 0 Å². The summed E-state index contributed by atoms with van der Waals surface area (Å²) in [6, 6.07) is 0. The molecule has 1 aliphatic carbocycles. The molecule has 0 saturated carbocycles. The first-order valence-corrected chi connectivity index (χ1v) is 6.79. The quantitative estimate of drug-likeness (QED) is 0.608. The fourth-order valence-electron chi connectivity index (χ4n) is 2.60. The Morgan fingerprint density at radius 3 is 2.56 bits per heavy atom. The predicted molar refractivity (Wildman–Crippen MR) is 70.5 cm³/mol. The summed E-state index contributed by atoms with van der Waals surface area (Å²) in [5.41, 5.74) is 0.480. The van der Waals surface area contributed by atoms with Gasteiger partial charge in [-0.05, 0) is 49.0 Å². The molecule has 0 bridgehead atoms. The summed E-state index contributed by atoms with van der Waals surface area (Å²) in [4.78, 5) is 0. The van der Waals surface area contributed by atoms with E-state index in [1.54, 1.807) is 0 Å². The molecule has 1 rings (SSSR count). The van der Waals surface area contributed by atoms with Gasteiger partial charge < -0.3 is 5.11 Å². The molecule has 0 aliphatic heterocycles. The van der Waals surface area contributed by atoms with Crippen LogP contribution in [0.5, 0.6) is 0 Å². The highest BCUT2D eigenvalue weighted by atomic mass is 16.3. The lowest BCUT2D eigenvalue weighted by Crippen LogP contribution is -2.13. The van der Waals surface area contributed by atoms with Crippen LogP contribution in [0.15, 0.2) is 11.8 Å². The maximum atomic E-state index is 9.85. The molecule has 2 unspecified atom stereocenters. The molecular weight excluding hydrogens is 196 g/mol. The standard InChI is InChI=1S/C15H28O/c1-12-6-5-8-15(3,4)9-7-13(2)11-14(16)10-12/h10,12-13,16H,5-9,11H2,1-4H3/b14-10+. The number of allylic oxidation sites excluding steroid dienone is 2. The number of aliphatic hydroxyl groups is 1. The van der Waals surface area contributed by atoms with Gasteiger partial charge in [-0.3, -0.25) is 0 Å². The number of aliphatic hydroxyl groups excluding tert-OH is 1. The van der Waals surface area contributed by atoms with E-state index in [2.05, 4.69) is 33.8 Å². The van der Waals surface area contributed by atoms with Crippen LogP contribution in [0.25, 0.3) is 0 Å². The van der Waals surface area contributed by atoms with Gasteiger partial charge in [0.05, 0.1) is 5.76 Å². The van der Waals surface area contributed by atoms with Crippen molar-refractivity contribution in [3.63, 3.8) is 0 Å². The van der Waals surface area contributed by atoms with Crippen molar-refractivity contribution in [3.8, 4) is 0 Å². The average Bonchev–Trinajstić information content (AvgIpc) is 2.14. The van der Waals surface area contributed by atoms with Crippen molar-refractivity contribution in [2.45, 2.75) is 66.2 Å². The Balaban J connectivity index is 2.64. The zero-order chi connectivity index (χ0) is 12.2. The maximum absolute atomic E-state index is 9.85. The summed E-state index contributed by atoms with van der Waals surface area (Å²) in [5, 5.41) is 9.85. The number of hydrogen-bond donors (Lipinski definition) is 1. The fraction of sp³-hybridized carbons (Fsp3) is 0.867. The van der Waals surface area contributed by atoms with E-state index in [1.165, 1.54) is 32.1 Å². The van der Waals surface area contributed by atoms with Gasteiger partial charge in [-0.1, -0.05) is 34.1 Å². The van der Waals surface area contributed by atoms with E-state index in [0.717, 1.165) is 6.42 Å². The van der Waals surface area contributed by atoms with Crippen LogP contribution in [0.2, 0.25) is 0 Å². The van der Waals surface area contributed by atoms with Gasteiger partial charge in [0.15, 0.2) is 0 Å². The molecule has 16 heavy (non-hydrogen) atoms. The summed E-state index contributed by atoms with van der Waals surface area (Å²) in [6.45, 7) is 9.24. The van der Waals surface area contributed by atoms with Crippen molar-refractivity contribution in [1.82, 2.24) is 0 Å². The van der Waals surface area contributed by atoms with E-state index in [0.29, 0.717) is 23.0 Å². The van der Waals surface area contributed by atoms with E-state index >= 15 is 0 Å². The van der Waals surface area contributed by atoms with E-state index < -0.39 is 0 Å². The normalized spacial score (nSPS) is 35.9. The van der Waals surface area contributed by atoms with Gasteiger partial charge >= 0.3 is 0 Å². The Hall–Kier alpha value is -0.460. The first-order valence-electron chi connectivity index (χ1n) is 6.79. The number of hydrogen-bond acceptors (Lipinski definition) is 1. The highest BCUT2D eigenvalue weighted by Crippen LogP contribution is 2.33. The third-order valence-corrected chi connectivity index (χ3v) is 3.86. The fourth-order valence-corrected chi connectivity index (χ4v) is 2.60. The molecule has 1 nitrogen and oxygen atoms in total.